The summed E-state index contributed by atoms with van der Waals surface area (Å²) in [4.78, 5) is 25.0. The van der Waals surface area contributed by atoms with Crippen LogP contribution < -0.4 is 14.4 Å². The van der Waals surface area contributed by atoms with E-state index < -0.39 is 16.6 Å². The molecule has 7 rings (SSSR count). The fourth-order valence-electron chi connectivity index (χ4n) is 6.72. The van der Waals surface area contributed by atoms with E-state index in [2.05, 4.69) is 10.3 Å². The molecule has 0 bridgehead atoms. The lowest BCUT2D eigenvalue weighted by atomic mass is 9.80. The zero-order chi connectivity index (χ0) is 31.0. The Hall–Kier alpha value is -3.78. The summed E-state index contributed by atoms with van der Waals surface area (Å²) >= 11 is 0. The van der Waals surface area contributed by atoms with E-state index in [0.29, 0.717) is 70.5 Å². The predicted octanol–water partition coefficient (Wildman–Crippen LogP) is 3.97. The minimum atomic E-state index is -4.26. The molecule has 3 aromatic heterocycles. The van der Waals surface area contributed by atoms with Gasteiger partial charge in [0.1, 0.15) is 22.7 Å². The number of piperidine rings is 1. The maximum absolute atomic E-state index is 13.8. The van der Waals surface area contributed by atoms with Gasteiger partial charge < -0.3 is 24.1 Å². The number of sulfonamides is 1. The lowest BCUT2D eigenvalue weighted by Crippen LogP contribution is -2.65. The number of benzene rings is 1. The van der Waals surface area contributed by atoms with Gasteiger partial charge in [0.15, 0.2) is 5.82 Å². The number of nitrogens with one attached hydrogen (secondary N) is 1. The van der Waals surface area contributed by atoms with E-state index in [4.69, 9.17) is 9.72 Å². The van der Waals surface area contributed by atoms with Gasteiger partial charge in [-0.15, -0.1) is 0 Å². The molecule has 1 atom stereocenters. The zero-order valence-electron chi connectivity index (χ0n) is 24.9. The Kier molecular flexibility index (Phi) is 6.85. The standard InChI is InChI=1S/C30H35F2N7O4S/c1-36-25-21(13-20(15-23(25)43-2)28(40)37-12-4-9-30(17-37)10-11-33-30)34-27(36)22-14-19-7-8-24(39(29(31)32)44(3,41)42)35-26(19)38(22)16-18-5-6-18/h7-8,13-15,18,29,33H,4-6,9-12,16-17H2,1-3H3. The zero-order valence-corrected chi connectivity index (χ0v) is 25.7. The summed E-state index contributed by atoms with van der Waals surface area (Å²) in [5, 5.41) is 4.20. The molecule has 2 aliphatic heterocycles. The second-order valence-electron chi connectivity index (χ2n) is 12.3. The molecule has 1 aromatic carbocycles. The first kappa shape index (κ1) is 29.0. The molecule has 0 radical (unpaired) electrons. The van der Waals surface area contributed by atoms with Crippen LogP contribution in [0.3, 0.4) is 0 Å². The largest absolute Gasteiger partial charge is 0.494 e. The van der Waals surface area contributed by atoms with Crippen LogP contribution in [-0.4, -0.2) is 83.4 Å². The summed E-state index contributed by atoms with van der Waals surface area (Å²) in [6.45, 7) is -0.328. The third-order valence-electron chi connectivity index (χ3n) is 9.23. The Bertz CT molecular complexity index is 1900. The number of pyridine rings is 1. The monoisotopic (exact) mass is 627 g/mol. The van der Waals surface area contributed by atoms with Crippen LogP contribution >= 0.6 is 0 Å². The van der Waals surface area contributed by atoms with Crippen molar-refractivity contribution in [2.45, 2.75) is 50.7 Å². The van der Waals surface area contributed by atoms with E-state index in [0.717, 1.165) is 44.9 Å². The van der Waals surface area contributed by atoms with Gasteiger partial charge >= 0.3 is 6.55 Å². The lowest BCUT2D eigenvalue weighted by molar-refractivity contribution is 0.0467. The van der Waals surface area contributed by atoms with Crippen molar-refractivity contribution in [2.24, 2.45) is 13.0 Å². The Balaban J connectivity index is 1.33. The maximum Gasteiger partial charge on any atom is 0.329 e. The summed E-state index contributed by atoms with van der Waals surface area (Å²) in [5.41, 5.74) is 2.95. The van der Waals surface area contributed by atoms with Crippen molar-refractivity contribution in [3.05, 3.63) is 35.9 Å². The number of aromatic nitrogens is 4. The maximum atomic E-state index is 13.8. The lowest BCUT2D eigenvalue weighted by Gasteiger charge is -2.49. The van der Waals surface area contributed by atoms with E-state index in [1.807, 2.05) is 27.1 Å². The van der Waals surface area contributed by atoms with Crippen molar-refractivity contribution >= 4 is 43.8 Å². The SMILES string of the molecule is COc1cc(C(=O)N2CCCC3(CCN3)C2)cc2nc(-c3cc4ccc(N(C(F)F)S(C)(=O)=O)nc4n3CC3CC3)n(C)c12. The van der Waals surface area contributed by atoms with E-state index in [-0.39, 0.29) is 21.6 Å². The van der Waals surface area contributed by atoms with Crippen LogP contribution in [0.4, 0.5) is 14.6 Å². The average molecular weight is 628 g/mol. The van der Waals surface area contributed by atoms with Crippen LogP contribution in [0.25, 0.3) is 33.6 Å². The number of anilines is 1. The summed E-state index contributed by atoms with van der Waals surface area (Å²) in [7, 11) is -0.832. The molecule has 1 spiro atoms. The smallest absolute Gasteiger partial charge is 0.329 e. The number of alkyl halides is 2. The number of halogens is 2. The number of ether oxygens (including phenoxy) is 1. The number of carbonyl (C=O) groups excluding carboxylic acids is 1. The number of hydrogen-bond donors (Lipinski definition) is 1. The van der Waals surface area contributed by atoms with Gasteiger partial charge in [-0.2, -0.15) is 13.1 Å². The molecule has 1 N–H and O–H groups in total. The second kappa shape index (κ2) is 10.4. The first-order valence-electron chi connectivity index (χ1n) is 14.8. The van der Waals surface area contributed by atoms with Gasteiger partial charge in [-0.25, -0.2) is 18.4 Å². The molecule has 1 saturated carbocycles. The number of methoxy groups -OCH3 is 1. The molecule has 3 aliphatic rings. The van der Waals surface area contributed by atoms with Gasteiger partial charge in [-0.1, -0.05) is 0 Å². The number of likely N-dealkylation sites (tertiary alicyclic amines) is 1. The molecular weight excluding hydrogens is 592 g/mol. The Morgan fingerprint density at radius 3 is 2.61 bits per heavy atom. The molecule has 11 nitrogen and oxygen atoms in total. The fraction of sp³-hybridized carbons (Fsp3) is 0.500. The number of rotatable bonds is 8. The van der Waals surface area contributed by atoms with Crippen molar-refractivity contribution in [1.29, 1.82) is 0 Å². The third-order valence-corrected chi connectivity index (χ3v) is 10.3. The second-order valence-corrected chi connectivity index (χ2v) is 14.2. The summed E-state index contributed by atoms with van der Waals surface area (Å²) in [5.74, 6) is 1.10. The fourth-order valence-corrected chi connectivity index (χ4v) is 7.45. The van der Waals surface area contributed by atoms with Gasteiger partial charge in [-0.05, 0) is 74.9 Å². The first-order valence-corrected chi connectivity index (χ1v) is 16.7. The normalized spacial score (nSPS) is 20.5. The van der Waals surface area contributed by atoms with Crippen LogP contribution in [0.5, 0.6) is 5.75 Å². The topological polar surface area (TPSA) is 115 Å². The third kappa shape index (κ3) is 4.87. The van der Waals surface area contributed by atoms with Crippen molar-refractivity contribution in [2.75, 3.05) is 37.3 Å². The van der Waals surface area contributed by atoms with Gasteiger partial charge in [0.25, 0.3) is 5.91 Å². The molecule has 14 heteroatoms. The Morgan fingerprint density at radius 2 is 1.98 bits per heavy atom. The van der Waals surface area contributed by atoms with Gasteiger partial charge in [0.2, 0.25) is 10.0 Å². The molecule has 1 unspecified atom stereocenters. The molecule has 1 aliphatic carbocycles. The van der Waals surface area contributed by atoms with Gasteiger partial charge in [0, 0.05) is 43.2 Å². The Morgan fingerprint density at radius 1 is 1.20 bits per heavy atom. The van der Waals surface area contributed by atoms with E-state index in [9.17, 15) is 22.0 Å². The molecule has 44 heavy (non-hydrogen) atoms. The molecule has 2 saturated heterocycles. The number of carbonyl (C=O) groups is 1. The van der Waals surface area contributed by atoms with Crippen LogP contribution in [0.15, 0.2) is 30.3 Å². The van der Waals surface area contributed by atoms with E-state index in [1.165, 1.54) is 6.07 Å². The van der Waals surface area contributed by atoms with Gasteiger partial charge in [-0.3, -0.25) is 4.79 Å². The van der Waals surface area contributed by atoms with Crippen molar-refractivity contribution in [1.82, 2.24) is 29.3 Å². The number of amides is 1. The highest BCUT2D eigenvalue weighted by molar-refractivity contribution is 7.92. The molecule has 4 aromatic rings. The van der Waals surface area contributed by atoms with Crippen LogP contribution in [0.1, 0.15) is 42.5 Å². The predicted molar refractivity (Wildman–Crippen MR) is 163 cm³/mol. The van der Waals surface area contributed by atoms with E-state index in [1.54, 1.807) is 25.3 Å². The number of aryl methyl sites for hydroxylation is 1. The Labute approximate surface area is 253 Å². The number of hydrogen-bond acceptors (Lipinski definition) is 7. The van der Waals surface area contributed by atoms with E-state index >= 15 is 0 Å². The molecule has 1 amide bonds. The summed E-state index contributed by atoms with van der Waals surface area (Å²) in [6.07, 6.45) is 5.89. The summed E-state index contributed by atoms with van der Waals surface area (Å²) in [6, 6.07) is 8.35. The first-order chi connectivity index (χ1) is 21.0. The highest BCUT2D eigenvalue weighted by atomic mass is 32.2. The number of imidazole rings is 1. The highest BCUT2D eigenvalue weighted by Crippen LogP contribution is 2.39. The molecule has 234 valence electrons. The van der Waals surface area contributed by atoms with Crippen molar-refractivity contribution in [3.63, 3.8) is 0 Å². The average Bonchev–Trinajstić information content (AvgIpc) is 3.64. The van der Waals surface area contributed by atoms with Crippen LogP contribution in [0.2, 0.25) is 0 Å². The van der Waals surface area contributed by atoms with Crippen molar-refractivity contribution in [3.8, 4) is 17.3 Å². The quantitative estimate of drug-likeness (QED) is 0.294. The molecule has 3 fully saturated rings. The molecule has 5 heterocycles. The van der Waals surface area contributed by atoms with Crippen LogP contribution in [-0.2, 0) is 23.6 Å². The highest BCUT2D eigenvalue weighted by Gasteiger charge is 2.41. The van der Waals surface area contributed by atoms with Crippen molar-refractivity contribution < 1.29 is 26.7 Å². The minimum absolute atomic E-state index is 0.0246. The minimum Gasteiger partial charge on any atom is -0.494 e. The summed E-state index contributed by atoms with van der Waals surface area (Å²) < 4.78 is 61.7. The number of nitrogens with zero attached hydrogens (tertiary/aromatic N) is 6. The molecular formula is C30H35F2N7O4S. The van der Waals surface area contributed by atoms with Crippen LogP contribution in [0, 0.1) is 5.92 Å². The number of fused-ring (bicyclic) bond motifs is 2. The van der Waals surface area contributed by atoms with Gasteiger partial charge in [0.05, 0.1) is 24.6 Å².